The van der Waals surface area contributed by atoms with Crippen LogP contribution in [-0.2, 0) is 0 Å². The first-order valence-corrected chi connectivity index (χ1v) is 9.43. The van der Waals surface area contributed by atoms with E-state index >= 15 is 0 Å². The number of aliphatic hydroxyl groups is 1. The van der Waals surface area contributed by atoms with Crippen molar-refractivity contribution in [1.82, 2.24) is 4.98 Å². The van der Waals surface area contributed by atoms with E-state index in [9.17, 15) is 9.90 Å². The standard InChI is InChI=1S/C21H17BrN2O4/c1-11-15-17(24-20(26)14-9-6-10-27-14)19(18(25)13-7-4-3-5-8-13)28-21(15)23-12(2)16(11)22/h3-10,18,25H,1-2H3,(H,24,26). The van der Waals surface area contributed by atoms with Gasteiger partial charge in [-0.05, 0) is 53.0 Å². The maximum absolute atomic E-state index is 12.6. The summed E-state index contributed by atoms with van der Waals surface area (Å²) in [6, 6.07) is 12.3. The van der Waals surface area contributed by atoms with E-state index in [1.807, 2.05) is 32.0 Å². The lowest BCUT2D eigenvalue weighted by Crippen LogP contribution is -2.13. The molecule has 4 rings (SSSR count). The Morgan fingerprint density at radius 2 is 1.93 bits per heavy atom. The number of nitrogens with zero attached hydrogens (tertiary/aromatic N) is 1. The fraction of sp³-hybridized carbons (Fsp3) is 0.143. The van der Waals surface area contributed by atoms with Gasteiger partial charge in [0.25, 0.3) is 5.91 Å². The number of carbonyl (C=O) groups excluding carboxylic acids is 1. The summed E-state index contributed by atoms with van der Waals surface area (Å²) in [6.45, 7) is 3.76. The molecule has 142 valence electrons. The molecular formula is C21H17BrN2O4. The van der Waals surface area contributed by atoms with Crippen LogP contribution in [0.4, 0.5) is 5.69 Å². The molecule has 0 aliphatic rings. The van der Waals surface area contributed by atoms with Crippen molar-refractivity contribution in [2.75, 3.05) is 5.32 Å². The molecule has 0 aliphatic heterocycles. The molecule has 7 heteroatoms. The van der Waals surface area contributed by atoms with Crippen LogP contribution in [0.2, 0.25) is 0 Å². The number of aryl methyl sites for hydroxylation is 2. The molecule has 28 heavy (non-hydrogen) atoms. The number of halogens is 1. The molecule has 0 fully saturated rings. The van der Waals surface area contributed by atoms with Crippen LogP contribution in [-0.4, -0.2) is 16.0 Å². The summed E-state index contributed by atoms with van der Waals surface area (Å²) in [5.41, 5.74) is 2.97. The third-order valence-electron chi connectivity index (χ3n) is 4.56. The molecular weight excluding hydrogens is 424 g/mol. The fourth-order valence-corrected chi connectivity index (χ4v) is 3.42. The second-order valence-corrected chi connectivity index (χ2v) is 7.20. The van der Waals surface area contributed by atoms with Gasteiger partial charge in [-0.25, -0.2) is 4.98 Å². The van der Waals surface area contributed by atoms with Crippen molar-refractivity contribution in [3.8, 4) is 0 Å². The Labute approximate surface area is 169 Å². The minimum atomic E-state index is -1.07. The number of pyridine rings is 1. The highest BCUT2D eigenvalue weighted by Crippen LogP contribution is 2.40. The minimum absolute atomic E-state index is 0.159. The maximum Gasteiger partial charge on any atom is 0.291 e. The molecule has 0 spiro atoms. The van der Waals surface area contributed by atoms with Crippen molar-refractivity contribution in [2.24, 2.45) is 0 Å². The van der Waals surface area contributed by atoms with E-state index in [0.717, 1.165) is 15.7 Å². The monoisotopic (exact) mass is 440 g/mol. The molecule has 6 nitrogen and oxygen atoms in total. The van der Waals surface area contributed by atoms with Gasteiger partial charge < -0.3 is 19.3 Å². The predicted molar refractivity (Wildman–Crippen MR) is 108 cm³/mol. The van der Waals surface area contributed by atoms with Gasteiger partial charge in [-0.15, -0.1) is 0 Å². The average molecular weight is 441 g/mol. The summed E-state index contributed by atoms with van der Waals surface area (Å²) >= 11 is 3.53. The van der Waals surface area contributed by atoms with Gasteiger partial charge in [-0.1, -0.05) is 30.3 Å². The number of aliphatic hydroxyl groups excluding tert-OH is 1. The Morgan fingerprint density at radius 3 is 2.61 bits per heavy atom. The Hall–Kier alpha value is -2.90. The first kappa shape index (κ1) is 18.5. The van der Waals surface area contributed by atoms with Crippen LogP contribution >= 0.6 is 15.9 Å². The van der Waals surface area contributed by atoms with E-state index in [2.05, 4.69) is 26.2 Å². The van der Waals surface area contributed by atoms with Crippen molar-refractivity contribution in [2.45, 2.75) is 20.0 Å². The van der Waals surface area contributed by atoms with E-state index < -0.39 is 12.0 Å². The van der Waals surface area contributed by atoms with Crippen molar-refractivity contribution in [1.29, 1.82) is 0 Å². The first-order valence-electron chi connectivity index (χ1n) is 8.64. The van der Waals surface area contributed by atoms with E-state index in [1.54, 1.807) is 24.3 Å². The number of benzene rings is 1. The summed E-state index contributed by atoms with van der Waals surface area (Å²) in [4.78, 5) is 17.1. The lowest BCUT2D eigenvalue weighted by Gasteiger charge is -2.11. The number of fused-ring (bicyclic) bond motifs is 1. The third kappa shape index (κ3) is 3.12. The van der Waals surface area contributed by atoms with Gasteiger partial charge in [-0.3, -0.25) is 4.79 Å². The molecule has 2 N–H and O–H groups in total. The maximum atomic E-state index is 12.6. The highest BCUT2D eigenvalue weighted by atomic mass is 79.9. The third-order valence-corrected chi connectivity index (χ3v) is 5.72. The minimum Gasteiger partial charge on any atom is -0.459 e. The highest BCUT2D eigenvalue weighted by Gasteiger charge is 2.27. The number of furan rings is 2. The molecule has 1 amide bonds. The molecule has 1 unspecified atom stereocenters. The largest absolute Gasteiger partial charge is 0.459 e. The fourth-order valence-electron chi connectivity index (χ4n) is 3.13. The van der Waals surface area contributed by atoms with Crippen molar-refractivity contribution in [3.05, 3.63) is 81.5 Å². The smallest absolute Gasteiger partial charge is 0.291 e. The zero-order valence-corrected chi connectivity index (χ0v) is 16.8. The van der Waals surface area contributed by atoms with E-state index in [4.69, 9.17) is 8.83 Å². The molecule has 0 saturated heterocycles. The molecule has 3 heterocycles. The molecule has 0 aliphatic carbocycles. The normalized spacial score (nSPS) is 12.3. The Bertz CT molecular complexity index is 1150. The first-order chi connectivity index (χ1) is 13.5. The average Bonchev–Trinajstić information content (AvgIpc) is 3.35. The molecule has 1 aromatic carbocycles. The highest BCUT2D eigenvalue weighted by molar-refractivity contribution is 9.10. The summed E-state index contributed by atoms with van der Waals surface area (Å²) in [7, 11) is 0. The van der Waals surface area contributed by atoms with E-state index in [1.165, 1.54) is 6.26 Å². The quantitative estimate of drug-likeness (QED) is 0.458. The SMILES string of the molecule is Cc1nc2oc(C(O)c3ccccc3)c(NC(=O)c3ccco3)c2c(C)c1Br. The van der Waals surface area contributed by atoms with Gasteiger partial charge in [0.05, 0.1) is 23.0 Å². The van der Waals surface area contributed by atoms with Gasteiger partial charge in [0, 0.05) is 4.47 Å². The zero-order chi connectivity index (χ0) is 19.8. The van der Waals surface area contributed by atoms with Crippen molar-refractivity contribution >= 4 is 38.6 Å². The number of rotatable bonds is 4. The van der Waals surface area contributed by atoms with Crippen LogP contribution in [0.15, 0.2) is 62.0 Å². The Kier molecular flexibility index (Phi) is 4.78. The van der Waals surface area contributed by atoms with Gasteiger partial charge in [0.1, 0.15) is 6.10 Å². The number of nitrogens with one attached hydrogen (secondary N) is 1. The topological polar surface area (TPSA) is 88.5 Å². The summed E-state index contributed by atoms with van der Waals surface area (Å²) in [6.07, 6.45) is 0.357. The number of anilines is 1. The van der Waals surface area contributed by atoms with Gasteiger partial charge >= 0.3 is 0 Å². The van der Waals surface area contributed by atoms with Crippen LogP contribution in [0.3, 0.4) is 0 Å². The predicted octanol–water partition coefficient (Wildman–Crippen LogP) is 5.13. The van der Waals surface area contributed by atoms with Gasteiger partial charge in [0.2, 0.25) is 5.71 Å². The van der Waals surface area contributed by atoms with Crippen LogP contribution in [0.5, 0.6) is 0 Å². The van der Waals surface area contributed by atoms with Crippen molar-refractivity contribution < 1.29 is 18.7 Å². The van der Waals surface area contributed by atoms with Crippen LogP contribution in [0.25, 0.3) is 11.1 Å². The van der Waals surface area contributed by atoms with Gasteiger partial charge in [-0.2, -0.15) is 0 Å². The number of carbonyl (C=O) groups is 1. The number of hydrogen-bond acceptors (Lipinski definition) is 5. The second-order valence-electron chi connectivity index (χ2n) is 6.40. The van der Waals surface area contributed by atoms with E-state index in [-0.39, 0.29) is 11.5 Å². The van der Waals surface area contributed by atoms with Crippen LogP contribution < -0.4 is 5.32 Å². The molecule has 4 aromatic rings. The summed E-state index contributed by atoms with van der Waals surface area (Å²) < 4.78 is 11.9. The van der Waals surface area contributed by atoms with E-state index in [0.29, 0.717) is 22.4 Å². The Balaban J connectivity index is 1.90. The molecule has 1 atom stereocenters. The van der Waals surface area contributed by atoms with Crippen molar-refractivity contribution in [3.63, 3.8) is 0 Å². The summed E-state index contributed by atoms with van der Waals surface area (Å²) in [5, 5.41) is 14.4. The summed E-state index contributed by atoms with van der Waals surface area (Å²) in [5.74, 6) is -0.0641. The molecule has 0 bridgehead atoms. The van der Waals surface area contributed by atoms with Gasteiger partial charge in [0.15, 0.2) is 11.5 Å². The number of hydrogen-bond donors (Lipinski definition) is 2. The molecule has 0 radical (unpaired) electrons. The lowest BCUT2D eigenvalue weighted by molar-refractivity contribution is 0.0996. The Morgan fingerprint density at radius 1 is 1.18 bits per heavy atom. The second kappa shape index (κ2) is 7.26. The lowest BCUT2D eigenvalue weighted by atomic mass is 10.0. The zero-order valence-electron chi connectivity index (χ0n) is 15.2. The molecule has 3 aromatic heterocycles. The number of aromatic nitrogens is 1. The van der Waals surface area contributed by atoms with Crippen LogP contribution in [0, 0.1) is 13.8 Å². The molecule has 0 saturated carbocycles. The number of amides is 1. The van der Waals surface area contributed by atoms with Crippen LogP contribution in [0.1, 0.15) is 39.2 Å².